The molecule has 0 unspecified atom stereocenters. The van der Waals surface area contributed by atoms with Gasteiger partial charge >= 0.3 is 0 Å². The largest absolute Gasteiger partial charge is 0.381 e. The van der Waals surface area contributed by atoms with Crippen molar-refractivity contribution in [3.63, 3.8) is 0 Å². The highest BCUT2D eigenvalue weighted by Crippen LogP contribution is 2.36. The Balaban J connectivity index is 1.62. The van der Waals surface area contributed by atoms with Crippen LogP contribution in [0, 0.1) is 5.92 Å². The topological polar surface area (TPSA) is 61.4 Å². The number of rotatable bonds is 3. The van der Waals surface area contributed by atoms with Gasteiger partial charge in [0.1, 0.15) is 5.82 Å². The summed E-state index contributed by atoms with van der Waals surface area (Å²) in [6.45, 7) is 1.64. The lowest BCUT2D eigenvalue weighted by Crippen LogP contribution is -2.32. The van der Waals surface area contributed by atoms with E-state index in [9.17, 15) is 13.6 Å². The molecule has 0 bridgehead atoms. The van der Waals surface area contributed by atoms with Crippen molar-refractivity contribution < 1.29 is 13.5 Å². The molecule has 0 amide bonds. The standard InChI is InChI=1S/C17H21ClF2N4O2/c18-16-22-24-13(9-21-14(24)12-3-7-26-8-4-12)15(25)23(16)10-11-1-5-17(19,20)6-2-11/h9,11-12H,1-8,10H2. The molecule has 2 aromatic heterocycles. The third kappa shape index (κ3) is 3.36. The summed E-state index contributed by atoms with van der Waals surface area (Å²) in [5.74, 6) is -1.67. The second kappa shape index (κ2) is 6.88. The Morgan fingerprint density at radius 3 is 2.62 bits per heavy atom. The number of alkyl halides is 2. The zero-order chi connectivity index (χ0) is 18.3. The van der Waals surface area contributed by atoms with Crippen molar-refractivity contribution in [2.75, 3.05) is 13.2 Å². The Morgan fingerprint density at radius 1 is 1.23 bits per heavy atom. The Morgan fingerprint density at radius 2 is 1.92 bits per heavy atom. The smallest absolute Gasteiger partial charge is 0.280 e. The van der Waals surface area contributed by atoms with Gasteiger partial charge in [-0.05, 0) is 43.2 Å². The number of halogens is 3. The zero-order valence-electron chi connectivity index (χ0n) is 14.3. The minimum absolute atomic E-state index is 0.00644. The molecule has 0 aromatic carbocycles. The van der Waals surface area contributed by atoms with Crippen LogP contribution in [0.4, 0.5) is 8.78 Å². The molecule has 1 aliphatic heterocycles. The van der Waals surface area contributed by atoms with Crippen molar-refractivity contribution in [2.24, 2.45) is 5.92 Å². The number of hydrogen-bond acceptors (Lipinski definition) is 4. The van der Waals surface area contributed by atoms with Crippen molar-refractivity contribution in [2.45, 2.75) is 56.9 Å². The first-order chi connectivity index (χ1) is 12.4. The third-order valence-electron chi connectivity index (χ3n) is 5.50. The lowest BCUT2D eigenvalue weighted by atomic mass is 9.87. The SMILES string of the molecule is O=c1c2cnc(C3CCOCC3)n2nc(Cl)n1CC1CCC(F)(F)CC1. The van der Waals surface area contributed by atoms with Gasteiger partial charge < -0.3 is 4.74 Å². The number of fused-ring (bicyclic) bond motifs is 1. The molecule has 142 valence electrons. The Bertz CT molecular complexity index is 850. The van der Waals surface area contributed by atoms with Crippen LogP contribution in [-0.4, -0.2) is 38.3 Å². The molecule has 0 spiro atoms. The maximum atomic E-state index is 13.3. The van der Waals surface area contributed by atoms with E-state index < -0.39 is 5.92 Å². The molecular weight excluding hydrogens is 366 g/mol. The zero-order valence-corrected chi connectivity index (χ0v) is 15.1. The molecule has 1 saturated heterocycles. The van der Waals surface area contributed by atoms with Gasteiger partial charge in [0.05, 0.1) is 6.20 Å². The molecule has 2 aromatic rings. The number of hydrogen-bond donors (Lipinski definition) is 0. The van der Waals surface area contributed by atoms with Crippen molar-refractivity contribution >= 4 is 17.1 Å². The van der Waals surface area contributed by atoms with E-state index in [0.29, 0.717) is 38.1 Å². The summed E-state index contributed by atoms with van der Waals surface area (Å²) >= 11 is 6.28. The molecule has 0 radical (unpaired) electrons. The van der Waals surface area contributed by atoms with E-state index in [4.69, 9.17) is 16.3 Å². The van der Waals surface area contributed by atoms with Gasteiger partial charge in [0, 0.05) is 38.5 Å². The maximum absolute atomic E-state index is 13.3. The monoisotopic (exact) mass is 386 g/mol. The fourth-order valence-corrected chi connectivity index (χ4v) is 4.12. The molecule has 3 heterocycles. The number of nitrogens with zero attached hydrogens (tertiary/aromatic N) is 4. The van der Waals surface area contributed by atoms with Crippen LogP contribution in [0.2, 0.25) is 5.28 Å². The predicted octanol–water partition coefficient (Wildman–Crippen LogP) is 3.26. The Hall–Kier alpha value is -1.54. The van der Waals surface area contributed by atoms with Crippen LogP contribution in [0.5, 0.6) is 0 Å². The van der Waals surface area contributed by atoms with E-state index in [0.717, 1.165) is 18.7 Å². The highest BCUT2D eigenvalue weighted by atomic mass is 35.5. The van der Waals surface area contributed by atoms with Crippen LogP contribution in [0.3, 0.4) is 0 Å². The molecular formula is C17H21ClF2N4O2. The van der Waals surface area contributed by atoms with Crippen molar-refractivity contribution in [1.29, 1.82) is 0 Å². The molecule has 0 atom stereocenters. The van der Waals surface area contributed by atoms with E-state index in [1.807, 2.05) is 0 Å². The summed E-state index contributed by atoms with van der Waals surface area (Å²) in [5.41, 5.74) is 0.102. The summed E-state index contributed by atoms with van der Waals surface area (Å²) < 4.78 is 35.0. The van der Waals surface area contributed by atoms with Crippen LogP contribution in [0.1, 0.15) is 50.3 Å². The molecule has 9 heteroatoms. The van der Waals surface area contributed by atoms with E-state index in [-0.39, 0.29) is 35.5 Å². The minimum Gasteiger partial charge on any atom is -0.381 e. The normalized spacial score (nSPS) is 22.1. The van der Waals surface area contributed by atoms with Crippen molar-refractivity contribution in [3.8, 4) is 0 Å². The first-order valence-electron chi connectivity index (χ1n) is 9.04. The van der Waals surface area contributed by atoms with Crippen LogP contribution in [0.25, 0.3) is 5.52 Å². The van der Waals surface area contributed by atoms with E-state index in [1.54, 1.807) is 0 Å². The molecule has 1 saturated carbocycles. The summed E-state index contributed by atoms with van der Waals surface area (Å²) in [7, 11) is 0. The quantitative estimate of drug-likeness (QED) is 0.812. The summed E-state index contributed by atoms with van der Waals surface area (Å²) in [6.07, 6.45) is 3.68. The van der Waals surface area contributed by atoms with E-state index in [1.165, 1.54) is 15.3 Å². The summed E-state index contributed by atoms with van der Waals surface area (Å²) in [5, 5.41) is 4.43. The average molecular weight is 387 g/mol. The summed E-state index contributed by atoms with van der Waals surface area (Å²) in [6, 6.07) is 0. The van der Waals surface area contributed by atoms with Crippen molar-refractivity contribution in [3.05, 3.63) is 27.7 Å². The van der Waals surface area contributed by atoms with Crippen molar-refractivity contribution in [1.82, 2.24) is 19.2 Å². The number of ether oxygens (including phenoxy) is 1. The predicted molar refractivity (Wildman–Crippen MR) is 92.0 cm³/mol. The number of imidazole rings is 1. The van der Waals surface area contributed by atoms with Gasteiger partial charge in [-0.2, -0.15) is 0 Å². The maximum Gasteiger partial charge on any atom is 0.280 e. The van der Waals surface area contributed by atoms with Gasteiger partial charge in [-0.25, -0.2) is 18.3 Å². The molecule has 6 nitrogen and oxygen atoms in total. The van der Waals surface area contributed by atoms with Crippen LogP contribution >= 0.6 is 11.6 Å². The Labute approximate surface area is 154 Å². The van der Waals surface area contributed by atoms with Gasteiger partial charge in [0.25, 0.3) is 5.56 Å². The molecule has 0 N–H and O–H groups in total. The number of aromatic nitrogens is 4. The highest BCUT2D eigenvalue weighted by molar-refractivity contribution is 6.28. The van der Waals surface area contributed by atoms with Gasteiger partial charge in [0.2, 0.25) is 11.2 Å². The Kier molecular flexibility index (Phi) is 4.73. The lowest BCUT2D eigenvalue weighted by molar-refractivity contribution is -0.0474. The average Bonchev–Trinajstić information content (AvgIpc) is 3.04. The first kappa shape index (κ1) is 17.9. The second-order valence-electron chi connectivity index (χ2n) is 7.28. The second-order valence-corrected chi connectivity index (χ2v) is 7.62. The highest BCUT2D eigenvalue weighted by Gasteiger charge is 2.35. The molecule has 1 aliphatic carbocycles. The van der Waals surface area contributed by atoms with Crippen LogP contribution in [0.15, 0.2) is 11.0 Å². The summed E-state index contributed by atoms with van der Waals surface area (Å²) in [4.78, 5) is 17.3. The van der Waals surface area contributed by atoms with E-state index in [2.05, 4.69) is 10.1 Å². The van der Waals surface area contributed by atoms with Crippen LogP contribution < -0.4 is 5.56 Å². The van der Waals surface area contributed by atoms with Gasteiger partial charge in [0.15, 0.2) is 5.52 Å². The third-order valence-corrected chi connectivity index (χ3v) is 5.78. The van der Waals surface area contributed by atoms with Crippen LogP contribution in [-0.2, 0) is 11.3 Å². The lowest BCUT2D eigenvalue weighted by Gasteiger charge is -2.28. The fraction of sp³-hybridized carbons (Fsp3) is 0.706. The molecule has 26 heavy (non-hydrogen) atoms. The fourth-order valence-electron chi connectivity index (χ4n) is 3.90. The van der Waals surface area contributed by atoms with Gasteiger partial charge in [-0.3, -0.25) is 9.36 Å². The molecule has 4 rings (SSSR count). The van der Waals surface area contributed by atoms with Gasteiger partial charge in [-0.15, -0.1) is 5.10 Å². The van der Waals surface area contributed by atoms with Gasteiger partial charge in [-0.1, -0.05) is 0 Å². The first-order valence-corrected chi connectivity index (χ1v) is 9.42. The minimum atomic E-state index is -2.59. The van der Waals surface area contributed by atoms with E-state index >= 15 is 0 Å². The molecule has 2 fully saturated rings. The molecule has 2 aliphatic rings.